The summed E-state index contributed by atoms with van der Waals surface area (Å²) in [5, 5.41) is 2.44. The highest BCUT2D eigenvalue weighted by atomic mass is 79.9. The van der Waals surface area contributed by atoms with E-state index in [9.17, 15) is 14.0 Å². The van der Waals surface area contributed by atoms with Crippen LogP contribution in [-0.2, 0) is 9.53 Å². The highest BCUT2D eigenvalue weighted by Gasteiger charge is 2.18. The fourth-order valence-corrected chi connectivity index (χ4v) is 1.71. The fourth-order valence-electron chi connectivity index (χ4n) is 1.18. The number of esters is 1. The number of benzene rings is 1. The highest BCUT2D eigenvalue weighted by Crippen LogP contribution is 2.17. The van der Waals surface area contributed by atoms with Crippen LogP contribution >= 0.6 is 15.9 Å². The first-order valence-corrected chi connectivity index (χ1v) is 5.58. The molecule has 1 N–H and O–H groups in total. The van der Waals surface area contributed by atoms with Crippen LogP contribution in [0, 0.1) is 5.82 Å². The molecule has 92 valence electrons. The monoisotopic (exact) mass is 303 g/mol. The number of nitrogens with one attached hydrogen (secondary N) is 1. The largest absolute Gasteiger partial charge is 0.467 e. The summed E-state index contributed by atoms with van der Waals surface area (Å²) in [4.78, 5) is 22.8. The molecule has 0 heterocycles. The second-order valence-corrected chi connectivity index (χ2v) is 4.20. The summed E-state index contributed by atoms with van der Waals surface area (Å²) in [5.41, 5.74) is 0.252. The Balaban J connectivity index is 2.80. The molecule has 0 saturated heterocycles. The van der Waals surface area contributed by atoms with Gasteiger partial charge in [0.15, 0.2) is 0 Å². The van der Waals surface area contributed by atoms with Crippen LogP contribution in [0.25, 0.3) is 0 Å². The molecule has 0 saturated carbocycles. The molecule has 0 aliphatic heterocycles. The zero-order chi connectivity index (χ0) is 13.0. The second-order valence-electron chi connectivity index (χ2n) is 3.34. The average molecular weight is 304 g/mol. The molecule has 1 amide bonds. The first-order valence-electron chi connectivity index (χ1n) is 4.79. The summed E-state index contributed by atoms with van der Waals surface area (Å²) in [6, 6.07) is 2.92. The van der Waals surface area contributed by atoms with Gasteiger partial charge in [-0.2, -0.15) is 0 Å². The van der Waals surface area contributed by atoms with E-state index in [1.54, 1.807) is 0 Å². The predicted octanol–water partition coefficient (Wildman–Crippen LogP) is 1.88. The Bertz CT molecular complexity index is 450. The normalized spacial score (nSPS) is 11.8. The molecule has 6 heteroatoms. The minimum Gasteiger partial charge on any atom is -0.467 e. The van der Waals surface area contributed by atoms with Gasteiger partial charge < -0.3 is 10.1 Å². The Morgan fingerprint density at radius 3 is 2.65 bits per heavy atom. The van der Waals surface area contributed by atoms with Gasteiger partial charge in [-0.1, -0.05) is 0 Å². The molecule has 0 aliphatic rings. The maximum atomic E-state index is 12.8. The molecule has 0 bridgehead atoms. The Morgan fingerprint density at radius 2 is 2.12 bits per heavy atom. The first kappa shape index (κ1) is 13.6. The van der Waals surface area contributed by atoms with Crippen molar-refractivity contribution in [2.45, 2.75) is 13.0 Å². The number of ether oxygens (including phenoxy) is 1. The van der Waals surface area contributed by atoms with E-state index in [0.717, 1.165) is 0 Å². The van der Waals surface area contributed by atoms with Crippen LogP contribution in [0.4, 0.5) is 4.39 Å². The van der Waals surface area contributed by atoms with Gasteiger partial charge in [0.2, 0.25) is 0 Å². The lowest BCUT2D eigenvalue weighted by Gasteiger charge is -2.12. The topological polar surface area (TPSA) is 55.4 Å². The smallest absolute Gasteiger partial charge is 0.328 e. The van der Waals surface area contributed by atoms with Crippen molar-refractivity contribution in [2.24, 2.45) is 0 Å². The van der Waals surface area contributed by atoms with Crippen molar-refractivity contribution in [2.75, 3.05) is 7.11 Å². The van der Waals surface area contributed by atoms with Crippen molar-refractivity contribution in [1.29, 1.82) is 0 Å². The summed E-state index contributed by atoms with van der Waals surface area (Å²) in [7, 11) is 1.23. The second kappa shape index (κ2) is 5.77. The molecule has 1 unspecified atom stereocenters. The lowest BCUT2D eigenvalue weighted by molar-refractivity contribution is -0.142. The molecule has 0 aliphatic carbocycles. The Kier molecular flexibility index (Phi) is 4.62. The molecule has 4 nitrogen and oxygen atoms in total. The number of hydrogen-bond donors (Lipinski definition) is 1. The van der Waals surface area contributed by atoms with Gasteiger partial charge >= 0.3 is 5.97 Å². The van der Waals surface area contributed by atoms with Gasteiger partial charge in [0.1, 0.15) is 11.9 Å². The molecular weight excluding hydrogens is 293 g/mol. The molecule has 1 aromatic carbocycles. The standard InChI is InChI=1S/C11H11BrFNO3/c1-6(11(16)17-2)14-10(15)8-4-3-7(13)5-9(8)12/h3-6H,1-2H3,(H,14,15). The van der Waals surface area contributed by atoms with E-state index in [0.29, 0.717) is 4.47 Å². The lowest BCUT2D eigenvalue weighted by Crippen LogP contribution is -2.39. The van der Waals surface area contributed by atoms with E-state index in [-0.39, 0.29) is 5.56 Å². The van der Waals surface area contributed by atoms with E-state index >= 15 is 0 Å². The number of amides is 1. The van der Waals surface area contributed by atoms with Gasteiger partial charge in [-0.15, -0.1) is 0 Å². The van der Waals surface area contributed by atoms with Crippen LogP contribution < -0.4 is 5.32 Å². The number of rotatable bonds is 3. The van der Waals surface area contributed by atoms with Crippen LogP contribution in [0.1, 0.15) is 17.3 Å². The van der Waals surface area contributed by atoms with Crippen LogP contribution in [0.3, 0.4) is 0 Å². The number of carbonyl (C=O) groups excluding carboxylic acids is 2. The molecule has 1 atom stereocenters. The van der Waals surface area contributed by atoms with Gasteiger partial charge in [-0.3, -0.25) is 4.79 Å². The van der Waals surface area contributed by atoms with E-state index in [4.69, 9.17) is 0 Å². The molecule has 0 aromatic heterocycles. The molecule has 0 fully saturated rings. The SMILES string of the molecule is COC(=O)C(C)NC(=O)c1ccc(F)cc1Br. The zero-order valence-electron chi connectivity index (χ0n) is 9.29. The van der Waals surface area contributed by atoms with Crippen molar-refractivity contribution in [1.82, 2.24) is 5.32 Å². The van der Waals surface area contributed by atoms with Crippen LogP contribution in [-0.4, -0.2) is 25.0 Å². The molecule has 0 radical (unpaired) electrons. The number of halogens is 2. The Morgan fingerprint density at radius 1 is 1.47 bits per heavy atom. The third-order valence-corrected chi connectivity index (χ3v) is 2.73. The van der Waals surface area contributed by atoms with Gasteiger partial charge in [0.05, 0.1) is 12.7 Å². The summed E-state index contributed by atoms with van der Waals surface area (Å²) in [6.07, 6.45) is 0. The average Bonchev–Trinajstić information content (AvgIpc) is 2.27. The maximum Gasteiger partial charge on any atom is 0.328 e. The van der Waals surface area contributed by atoms with Gasteiger partial charge in [0.25, 0.3) is 5.91 Å². The van der Waals surface area contributed by atoms with Crippen molar-refractivity contribution < 1.29 is 18.7 Å². The minimum atomic E-state index is -0.760. The molecule has 1 aromatic rings. The van der Waals surface area contributed by atoms with E-state index in [1.807, 2.05) is 0 Å². The third-order valence-electron chi connectivity index (χ3n) is 2.08. The van der Waals surface area contributed by atoms with Crippen molar-refractivity contribution in [3.63, 3.8) is 0 Å². The molecule has 1 rings (SSSR count). The minimum absolute atomic E-state index is 0.252. The fraction of sp³-hybridized carbons (Fsp3) is 0.273. The summed E-state index contributed by atoms with van der Waals surface area (Å²) in [6.45, 7) is 1.50. The zero-order valence-corrected chi connectivity index (χ0v) is 10.9. The van der Waals surface area contributed by atoms with Crippen LogP contribution in [0.2, 0.25) is 0 Å². The van der Waals surface area contributed by atoms with Gasteiger partial charge in [-0.25, -0.2) is 9.18 Å². The third kappa shape index (κ3) is 3.52. The number of carbonyl (C=O) groups is 2. The summed E-state index contributed by atoms with van der Waals surface area (Å²) < 4.78 is 17.6. The molecule has 0 spiro atoms. The first-order chi connectivity index (χ1) is 7.95. The summed E-state index contributed by atoms with van der Waals surface area (Å²) in [5.74, 6) is -1.47. The highest BCUT2D eigenvalue weighted by molar-refractivity contribution is 9.10. The van der Waals surface area contributed by atoms with Crippen LogP contribution in [0.5, 0.6) is 0 Å². The van der Waals surface area contributed by atoms with Gasteiger partial charge in [-0.05, 0) is 41.1 Å². The Hall–Kier alpha value is -1.43. The van der Waals surface area contributed by atoms with E-state index < -0.39 is 23.7 Å². The van der Waals surface area contributed by atoms with Gasteiger partial charge in [0, 0.05) is 4.47 Å². The molecular formula is C11H11BrFNO3. The quantitative estimate of drug-likeness (QED) is 0.868. The van der Waals surface area contributed by atoms with E-state index in [1.165, 1.54) is 32.2 Å². The van der Waals surface area contributed by atoms with E-state index in [2.05, 4.69) is 26.0 Å². The predicted molar refractivity (Wildman–Crippen MR) is 63.0 cm³/mol. The number of hydrogen-bond acceptors (Lipinski definition) is 3. The maximum absolute atomic E-state index is 12.8. The molecule has 17 heavy (non-hydrogen) atoms. The van der Waals surface area contributed by atoms with Crippen molar-refractivity contribution >= 4 is 27.8 Å². The number of methoxy groups -OCH3 is 1. The van der Waals surface area contributed by atoms with Crippen molar-refractivity contribution in [3.05, 3.63) is 34.1 Å². The summed E-state index contributed by atoms with van der Waals surface area (Å²) >= 11 is 3.07. The Labute approximate surface area is 106 Å². The van der Waals surface area contributed by atoms with Crippen LogP contribution in [0.15, 0.2) is 22.7 Å². The lowest BCUT2D eigenvalue weighted by atomic mass is 10.2. The van der Waals surface area contributed by atoms with Crippen molar-refractivity contribution in [3.8, 4) is 0 Å².